The second-order valence-corrected chi connectivity index (χ2v) is 31.0. The van der Waals surface area contributed by atoms with Crippen molar-refractivity contribution in [3.05, 3.63) is 86.5 Å². The third kappa shape index (κ3) is 22.7. The van der Waals surface area contributed by atoms with Gasteiger partial charge in [0.05, 0.1) is 0 Å². The molecule has 0 fully saturated rings. The molecular formula is C73H117NO10. The van der Waals surface area contributed by atoms with Gasteiger partial charge in [-0.25, -0.2) is 0 Å². The van der Waals surface area contributed by atoms with Gasteiger partial charge in [0.2, 0.25) is 5.91 Å². The number of aryl methyl sites for hydroxylation is 3. The topological polar surface area (TPSA) is 169 Å². The summed E-state index contributed by atoms with van der Waals surface area (Å²) in [7, 11) is 0. The van der Waals surface area contributed by atoms with Gasteiger partial charge in [0, 0.05) is 25.7 Å². The van der Waals surface area contributed by atoms with Gasteiger partial charge in [-0.05, 0) is 122 Å². The Balaban J connectivity index is 2.09. The van der Waals surface area contributed by atoms with E-state index in [1.165, 1.54) is 78.1 Å². The highest BCUT2D eigenvalue weighted by Crippen LogP contribution is 2.44. The van der Waals surface area contributed by atoms with Crippen molar-refractivity contribution < 1.29 is 48.7 Å². The van der Waals surface area contributed by atoms with Crippen LogP contribution in [0.15, 0.2) is 36.4 Å². The molecule has 11 nitrogen and oxygen atoms in total. The van der Waals surface area contributed by atoms with Crippen LogP contribution < -0.4 is 5.32 Å². The molecule has 3 aromatic rings. The fraction of sp³-hybridized carbons (Fsp3) is 0.699. The molecule has 0 aliphatic heterocycles. The second kappa shape index (κ2) is 30.5. The van der Waals surface area contributed by atoms with Crippen LogP contribution in [0.25, 0.3) is 0 Å². The summed E-state index contributed by atoms with van der Waals surface area (Å²) in [5, 5.41) is 37.5. The minimum absolute atomic E-state index is 0.140. The first-order chi connectivity index (χ1) is 38.5. The van der Waals surface area contributed by atoms with Gasteiger partial charge in [0.15, 0.2) is 5.54 Å². The van der Waals surface area contributed by atoms with Gasteiger partial charge in [-0.15, -0.1) is 0 Å². The maximum atomic E-state index is 14.7. The van der Waals surface area contributed by atoms with Crippen LogP contribution in [0.4, 0.5) is 0 Å². The van der Waals surface area contributed by atoms with E-state index in [1.54, 1.807) is 0 Å². The van der Waals surface area contributed by atoms with Crippen molar-refractivity contribution in [1.29, 1.82) is 0 Å². The van der Waals surface area contributed by atoms with E-state index in [1.807, 2.05) is 161 Å². The van der Waals surface area contributed by atoms with E-state index in [9.17, 15) is 34.5 Å². The van der Waals surface area contributed by atoms with E-state index in [0.29, 0.717) is 6.42 Å². The van der Waals surface area contributed by atoms with Crippen LogP contribution in [-0.4, -0.2) is 50.6 Å². The molecule has 11 heteroatoms. The fourth-order valence-corrected chi connectivity index (χ4v) is 10.9. The van der Waals surface area contributed by atoms with Crippen LogP contribution in [0, 0.1) is 0 Å². The number of rotatable bonds is 30. The Bertz CT molecular complexity index is 2290. The van der Waals surface area contributed by atoms with Crippen LogP contribution in [-0.2, 0) is 85.1 Å². The SMILES string of the molecule is CCCCCCCCCCCCCCCCCC(=O)NC(C)(C)C(OC(=O)CCc1cc(C(C)(C)C)c(O)c(C(C)(C)C)c1)(OC(=O)CCc1cc(C(C)(C)C)c(O)c(C(C)(C)C)c1)OC(=O)CCc1cc(C(C)(C)C)c(O)c(C(C)(C)C)c1. The van der Waals surface area contributed by atoms with Crippen molar-refractivity contribution in [1.82, 2.24) is 5.32 Å². The zero-order chi connectivity index (χ0) is 63.9. The summed E-state index contributed by atoms with van der Waals surface area (Å²) in [6.07, 6.45) is 17.6. The number of ether oxygens (including phenoxy) is 3. The summed E-state index contributed by atoms with van der Waals surface area (Å²) < 4.78 is 19.1. The maximum Gasteiger partial charge on any atom is 0.447 e. The number of esters is 3. The third-order valence-electron chi connectivity index (χ3n) is 16.2. The van der Waals surface area contributed by atoms with Gasteiger partial charge in [-0.1, -0.05) is 258 Å². The zero-order valence-corrected chi connectivity index (χ0v) is 56.7. The Hall–Kier alpha value is -5.06. The number of nitrogens with one attached hydrogen (secondary N) is 1. The first kappa shape index (κ1) is 73.2. The summed E-state index contributed by atoms with van der Waals surface area (Å²) in [5.74, 6) is -5.14. The molecule has 0 unspecified atom stereocenters. The van der Waals surface area contributed by atoms with Crippen molar-refractivity contribution >= 4 is 23.8 Å². The average molecular weight is 1170 g/mol. The molecule has 474 valence electrons. The monoisotopic (exact) mass is 1170 g/mol. The lowest BCUT2D eigenvalue weighted by molar-refractivity contribution is -0.357. The summed E-state index contributed by atoms with van der Waals surface area (Å²) >= 11 is 0. The van der Waals surface area contributed by atoms with Gasteiger partial charge in [-0.3, -0.25) is 19.2 Å². The first-order valence-corrected chi connectivity index (χ1v) is 32.1. The van der Waals surface area contributed by atoms with Crippen LogP contribution >= 0.6 is 0 Å². The summed E-state index contributed by atoms with van der Waals surface area (Å²) in [4.78, 5) is 58.4. The van der Waals surface area contributed by atoms with Crippen molar-refractivity contribution in [2.24, 2.45) is 0 Å². The number of amides is 1. The largest absolute Gasteiger partial charge is 0.507 e. The van der Waals surface area contributed by atoms with E-state index < -0.39 is 67.8 Å². The fourth-order valence-electron chi connectivity index (χ4n) is 10.9. The number of phenolic OH excluding ortho intramolecular Hbond substituents is 3. The number of carbonyl (C=O) groups excluding carboxylic acids is 4. The van der Waals surface area contributed by atoms with Crippen molar-refractivity contribution in [2.75, 3.05) is 0 Å². The van der Waals surface area contributed by atoms with Crippen LogP contribution in [0.5, 0.6) is 17.2 Å². The van der Waals surface area contributed by atoms with Crippen molar-refractivity contribution in [2.45, 2.75) is 331 Å². The predicted molar refractivity (Wildman–Crippen MR) is 344 cm³/mol. The highest BCUT2D eigenvalue weighted by molar-refractivity contribution is 5.78. The zero-order valence-electron chi connectivity index (χ0n) is 56.7. The predicted octanol–water partition coefficient (Wildman–Crippen LogP) is 18.2. The molecule has 4 N–H and O–H groups in total. The molecule has 0 bridgehead atoms. The Morgan fingerprint density at radius 1 is 0.345 bits per heavy atom. The number of carbonyl (C=O) groups is 4. The smallest absolute Gasteiger partial charge is 0.447 e. The third-order valence-corrected chi connectivity index (χ3v) is 16.2. The molecule has 0 radical (unpaired) electrons. The van der Waals surface area contributed by atoms with E-state index in [0.717, 1.165) is 75.8 Å². The maximum absolute atomic E-state index is 14.7. The van der Waals surface area contributed by atoms with Gasteiger partial charge < -0.3 is 34.8 Å². The number of benzene rings is 3. The molecular weight excluding hydrogens is 1050 g/mol. The Kier molecular flexibility index (Phi) is 26.6. The number of hydrogen-bond donors (Lipinski definition) is 4. The molecule has 0 atom stereocenters. The Labute approximate surface area is 510 Å². The van der Waals surface area contributed by atoms with Gasteiger partial charge in [0.25, 0.3) is 0 Å². The van der Waals surface area contributed by atoms with Crippen LogP contribution in [0.3, 0.4) is 0 Å². The van der Waals surface area contributed by atoms with Crippen molar-refractivity contribution in [3.63, 3.8) is 0 Å². The molecule has 0 spiro atoms. The normalized spacial score (nSPS) is 13.0. The number of phenols is 3. The van der Waals surface area contributed by atoms with E-state index in [-0.39, 0.29) is 62.2 Å². The molecule has 0 saturated heterocycles. The standard InChI is InChI=1S/C73H117NO10/c1-22-23-24-25-26-27-28-29-30-31-32-33-34-35-36-37-59(75)74-72(20,21)73(82-60(76)41-38-50-44-53(66(2,3)4)63(79)54(45-50)67(5,6)7,83-61(77)42-39-51-46-55(68(8,9)10)64(80)56(47-51)69(11,12)13)84-62(78)43-40-52-48-57(70(14,15)16)65(81)58(49-52)71(17,18)19/h44-49,79-81H,22-43H2,1-21H3,(H,74,75). The molecule has 1 amide bonds. The molecule has 0 saturated carbocycles. The molecule has 0 aliphatic carbocycles. The highest BCUT2D eigenvalue weighted by atomic mass is 16.9. The molecule has 84 heavy (non-hydrogen) atoms. The van der Waals surface area contributed by atoms with Gasteiger partial charge in [0.1, 0.15) is 17.2 Å². The lowest BCUT2D eigenvalue weighted by Gasteiger charge is -2.42. The van der Waals surface area contributed by atoms with Crippen molar-refractivity contribution in [3.8, 4) is 17.2 Å². The van der Waals surface area contributed by atoms with E-state index >= 15 is 0 Å². The van der Waals surface area contributed by atoms with Crippen LogP contribution in [0.2, 0.25) is 0 Å². The number of aromatic hydroxyl groups is 3. The lowest BCUT2D eigenvalue weighted by atomic mass is 9.78. The average Bonchev–Trinajstić information content (AvgIpc) is 2.23. The molecule has 0 aliphatic rings. The Morgan fingerprint density at radius 2 is 0.560 bits per heavy atom. The molecule has 3 rings (SSSR count). The number of unbranched alkanes of at least 4 members (excludes halogenated alkanes) is 14. The summed E-state index contributed by atoms with van der Waals surface area (Å²) in [6.45, 7) is 41.6. The minimum atomic E-state index is -2.80. The molecule has 0 heterocycles. The second-order valence-electron chi connectivity index (χ2n) is 31.0. The van der Waals surface area contributed by atoms with E-state index in [2.05, 4.69) is 12.2 Å². The first-order valence-electron chi connectivity index (χ1n) is 32.1. The van der Waals surface area contributed by atoms with Gasteiger partial charge in [-0.2, -0.15) is 0 Å². The highest BCUT2D eigenvalue weighted by Gasteiger charge is 2.58. The molecule has 3 aromatic carbocycles. The van der Waals surface area contributed by atoms with Crippen LogP contribution in [0.1, 0.15) is 317 Å². The Morgan fingerprint density at radius 3 is 0.774 bits per heavy atom. The molecule has 0 aromatic heterocycles. The number of hydrogen-bond acceptors (Lipinski definition) is 10. The lowest BCUT2D eigenvalue weighted by Crippen LogP contribution is -2.66. The minimum Gasteiger partial charge on any atom is -0.507 e. The summed E-state index contributed by atoms with van der Waals surface area (Å²) in [5.41, 5.74) is 2.23. The van der Waals surface area contributed by atoms with E-state index in [4.69, 9.17) is 14.2 Å². The summed E-state index contributed by atoms with van der Waals surface area (Å²) in [6, 6.07) is 11.4. The quantitative estimate of drug-likeness (QED) is 0.0286. The van der Waals surface area contributed by atoms with Gasteiger partial charge >= 0.3 is 23.9 Å².